The van der Waals surface area contributed by atoms with Gasteiger partial charge in [-0.3, -0.25) is 4.99 Å². The number of alkyl halides is 1. The lowest BCUT2D eigenvalue weighted by atomic mass is 10.1. The maximum atomic E-state index is 14.6. The summed E-state index contributed by atoms with van der Waals surface area (Å²) in [5, 5.41) is 9.68. The minimum Gasteiger partial charge on any atom is -0.477 e. The Hall–Kier alpha value is -2.78. The lowest BCUT2D eigenvalue weighted by molar-refractivity contribution is 0.0171. The average Bonchev–Trinajstić information content (AvgIpc) is 3.09. The summed E-state index contributed by atoms with van der Waals surface area (Å²) in [4.78, 5) is 10.8. The largest absolute Gasteiger partial charge is 0.477 e. The molecular formula is C19H15ClF3N3O3. The zero-order valence-corrected chi connectivity index (χ0v) is 15.6. The van der Waals surface area contributed by atoms with Crippen LogP contribution in [0.15, 0.2) is 35.6 Å². The highest BCUT2D eigenvalue weighted by Crippen LogP contribution is 2.36. The van der Waals surface area contributed by atoms with Gasteiger partial charge in [-0.2, -0.15) is 0 Å². The summed E-state index contributed by atoms with van der Waals surface area (Å²) < 4.78 is 53.6. The number of aliphatic imine (C=N–C) groups is 1. The van der Waals surface area contributed by atoms with Crippen LogP contribution in [-0.4, -0.2) is 46.4 Å². The molecule has 6 nitrogen and oxygen atoms in total. The van der Waals surface area contributed by atoms with E-state index in [2.05, 4.69) is 15.0 Å². The highest BCUT2D eigenvalue weighted by atomic mass is 35.5. The topological polar surface area (TPSA) is 79.7 Å². The SMILES string of the molecule is OCC1(F)CN=C(Cc2cc(F)c(Oc3ccnc4[nH]cc(Cl)c34)c(F)c2)OC1. The molecule has 2 aromatic heterocycles. The maximum absolute atomic E-state index is 14.6. The molecule has 10 heteroatoms. The Morgan fingerprint density at radius 3 is 2.72 bits per heavy atom. The molecule has 1 unspecified atom stereocenters. The van der Waals surface area contributed by atoms with Gasteiger partial charge in [-0.05, 0) is 23.8 Å². The number of ether oxygens (including phenoxy) is 2. The smallest absolute Gasteiger partial charge is 0.198 e. The van der Waals surface area contributed by atoms with Gasteiger partial charge in [0.2, 0.25) is 0 Å². The molecule has 1 atom stereocenters. The molecule has 2 N–H and O–H groups in total. The number of fused-ring (bicyclic) bond motifs is 1. The second-order valence-corrected chi connectivity index (χ2v) is 7.05. The first-order valence-corrected chi connectivity index (χ1v) is 8.99. The number of hydrogen-bond acceptors (Lipinski definition) is 5. The monoisotopic (exact) mass is 425 g/mol. The Morgan fingerprint density at radius 1 is 1.31 bits per heavy atom. The van der Waals surface area contributed by atoms with E-state index < -0.39 is 29.7 Å². The van der Waals surface area contributed by atoms with Crippen molar-refractivity contribution in [3.63, 3.8) is 0 Å². The Balaban J connectivity index is 1.57. The van der Waals surface area contributed by atoms with Crippen LogP contribution in [0, 0.1) is 11.6 Å². The second-order valence-electron chi connectivity index (χ2n) is 6.64. The lowest BCUT2D eigenvalue weighted by Crippen LogP contribution is -2.42. The summed E-state index contributed by atoms with van der Waals surface area (Å²) in [7, 11) is 0. The van der Waals surface area contributed by atoms with Crippen LogP contribution in [0.5, 0.6) is 11.5 Å². The number of aliphatic hydroxyl groups excluding tert-OH is 1. The van der Waals surface area contributed by atoms with E-state index in [4.69, 9.17) is 26.2 Å². The Bertz CT molecular complexity index is 1080. The zero-order chi connectivity index (χ0) is 20.6. The fraction of sp³-hybridized carbons (Fsp3) is 0.263. The van der Waals surface area contributed by atoms with Gasteiger partial charge in [0, 0.05) is 18.8 Å². The third-order valence-corrected chi connectivity index (χ3v) is 4.73. The molecule has 4 rings (SSSR count). The molecule has 1 aliphatic rings. The Labute approximate surface area is 167 Å². The van der Waals surface area contributed by atoms with Crippen molar-refractivity contribution in [2.45, 2.75) is 12.1 Å². The summed E-state index contributed by atoms with van der Waals surface area (Å²) in [5.41, 5.74) is -1.28. The predicted molar refractivity (Wildman–Crippen MR) is 100 cm³/mol. The number of rotatable bonds is 5. The molecule has 152 valence electrons. The van der Waals surface area contributed by atoms with E-state index in [0.717, 1.165) is 12.1 Å². The summed E-state index contributed by atoms with van der Waals surface area (Å²) in [5.74, 6) is -2.16. The minimum atomic E-state index is -1.94. The van der Waals surface area contributed by atoms with Crippen molar-refractivity contribution in [3.8, 4) is 11.5 Å². The van der Waals surface area contributed by atoms with Gasteiger partial charge in [-0.1, -0.05) is 11.6 Å². The third kappa shape index (κ3) is 3.88. The summed E-state index contributed by atoms with van der Waals surface area (Å²) in [6, 6.07) is 3.62. The van der Waals surface area contributed by atoms with Crippen molar-refractivity contribution in [2.75, 3.05) is 19.8 Å². The number of benzene rings is 1. The first-order valence-electron chi connectivity index (χ1n) is 8.62. The van der Waals surface area contributed by atoms with E-state index in [1.165, 1.54) is 18.5 Å². The fourth-order valence-electron chi connectivity index (χ4n) is 2.91. The lowest BCUT2D eigenvalue weighted by Gasteiger charge is -2.26. The second kappa shape index (κ2) is 7.57. The van der Waals surface area contributed by atoms with Crippen molar-refractivity contribution in [1.29, 1.82) is 0 Å². The standard InChI is InChI=1S/C19H15ClF3N3O3/c20-11-6-25-18-16(11)14(1-2-24-18)29-17-12(21)3-10(4-13(17)22)5-15-26-7-19(23,8-27)9-28-15/h1-4,6,27H,5,7-9H2,(H,24,25). The number of aromatic nitrogens is 2. The van der Waals surface area contributed by atoms with Crippen LogP contribution in [-0.2, 0) is 11.2 Å². The highest BCUT2D eigenvalue weighted by Gasteiger charge is 2.33. The molecule has 0 saturated carbocycles. The average molecular weight is 426 g/mol. The first kappa shape index (κ1) is 19.5. The molecule has 0 spiro atoms. The van der Waals surface area contributed by atoms with E-state index in [0.29, 0.717) is 16.1 Å². The molecule has 1 aliphatic heterocycles. The molecule has 0 bridgehead atoms. The molecule has 3 aromatic rings. The van der Waals surface area contributed by atoms with Crippen molar-refractivity contribution in [2.24, 2.45) is 4.99 Å². The van der Waals surface area contributed by atoms with Gasteiger partial charge >= 0.3 is 0 Å². The number of hydrogen-bond donors (Lipinski definition) is 2. The molecular weight excluding hydrogens is 411 g/mol. The van der Waals surface area contributed by atoms with Crippen LogP contribution < -0.4 is 4.74 Å². The number of pyridine rings is 1. The normalized spacial score (nSPS) is 19.1. The quantitative estimate of drug-likeness (QED) is 0.648. The molecule has 0 aliphatic carbocycles. The number of aromatic amines is 1. The minimum absolute atomic E-state index is 0.0290. The fourth-order valence-corrected chi connectivity index (χ4v) is 3.14. The van der Waals surface area contributed by atoms with Gasteiger partial charge < -0.3 is 19.6 Å². The number of halogens is 4. The predicted octanol–water partition coefficient (Wildman–Crippen LogP) is 3.96. The molecule has 0 fully saturated rings. The number of H-pyrrole nitrogens is 1. The van der Waals surface area contributed by atoms with E-state index in [1.807, 2.05) is 0 Å². The van der Waals surface area contributed by atoms with Crippen LogP contribution >= 0.6 is 11.6 Å². The molecule has 0 radical (unpaired) electrons. The number of nitrogens with zero attached hydrogens (tertiary/aromatic N) is 2. The highest BCUT2D eigenvalue weighted by molar-refractivity contribution is 6.36. The summed E-state index contributed by atoms with van der Waals surface area (Å²) in [6.07, 6.45) is 2.89. The third-order valence-electron chi connectivity index (χ3n) is 4.43. The summed E-state index contributed by atoms with van der Waals surface area (Å²) >= 11 is 6.08. The summed E-state index contributed by atoms with van der Waals surface area (Å²) in [6.45, 7) is -1.36. The van der Waals surface area contributed by atoms with Gasteiger partial charge in [-0.15, -0.1) is 0 Å². The number of nitrogens with one attached hydrogen (secondary N) is 1. The molecule has 0 amide bonds. The Morgan fingerprint density at radius 2 is 2.07 bits per heavy atom. The van der Waals surface area contributed by atoms with Crippen molar-refractivity contribution >= 4 is 28.5 Å². The van der Waals surface area contributed by atoms with E-state index >= 15 is 0 Å². The van der Waals surface area contributed by atoms with Crippen molar-refractivity contribution < 1.29 is 27.8 Å². The zero-order valence-electron chi connectivity index (χ0n) is 14.9. The molecule has 1 aromatic carbocycles. The molecule has 29 heavy (non-hydrogen) atoms. The van der Waals surface area contributed by atoms with E-state index in [-0.39, 0.29) is 36.8 Å². The Kier molecular flexibility index (Phi) is 5.10. The van der Waals surface area contributed by atoms with Crippen LogP contribution in [0.3, 0.4) is 0 Å². The van der Waals surface area contributed by atoms with Gasteiger partial charge in [0.15, 0.2) is 29.0 Å². The van der Waals surface area contributed by atoms with Crippen LogP contribution in [0.2, 0.25) is 5.02 Å². The maximum Gasteiger partial charge on any atom is 0.198 e. The van der Waals surface area contributed by atoms with E-state index in [9.17, 15) is 13.2 Å². The van der Waals surface area contributed by atoms with Gasteiger partial charge in [-0.25, -0.2) is 18.2 Å². The van der Waals surface area contributed by atoms with Gasteiger partial charge in [0.1, 0.15) is 18.0 Å². The van der Waals surface area contributed by atoms with Crippen LogP contribution in [0.25, 0.3) is 11.0 Å². The first-order chi connectivity index (χ1) is 13.9. The molecule has 3 heterocycles. The number of aliphatic hydroxyl groups is 1. The van der Waals surface area contributed by atoms with Gasteiger partial charge in [0.25, 0.3) is 0 Å². The van der Waals surface area contributed by atoms with Crippen molar-refractivity contribution in [3.05, 3.63) is 52.8 Å². The van der Waals surface area contributed by atoms with Crippen LogP contribution in [0.4, 0.5) is 13.2 Å². The van der Waals surface area contributed by atoms with Gasteiger partial charge in [0.05, 0.1) is 23.6 Å². The van der Waals surface area contributed by atoms with E-state index in [1.54, 1.807) is 0 Å². The van der Waals surface area contributed by atoms with Crippen LogP contribution in [0.1, 0.15) is 5.56 Å². The molecule has 0 saturated heterocycles. The van der Waals surface area contributed by atoms with Crippen molar-refractivity contribution in [1.82, 2.24) is 9.97 Å².